The average Bonchev–Trinajstić information content (AvgIpc) is 2.85. The van der Waals surface area contributed by atoms with Gasteiger partial charge in [0.25, 0.3) is 0 Å². The van der Waals surface area contributed by atoms with E-state index in [2.05, 4.69) is 20.9 Å². The maximum absolute atomic E-state index is 10.2. The molecule has 0 saturated carbocycles. The molecule has 6 nitrogen and oxygen atoms in total. The van der Waals surface area contributed by atoms with E-state index in [4.69, 9.17) is 10.5 Å². The third kappa shape index (κ3) is 2.47. The van der Waals surface area contributed by atoms with Crippen LogP contribution in [0.25, 0.3) is 0 Å². The van der Waals surface area contributed by atoms with Gasteiger partial charge in [-0.1, -0.05) is 18.2 Å². The molecule has 2 aromatic rings. The Morgan fingerprint density at radius 2 is 2.21 bits per heavy atom. The van der Waals surface area contributed by atoms with E-state index in [1.807, 2.05) is 31.2 Å². The van der Waals surface area contributed by atoms with Gasteiger partial charge in [-0.2, -0.15) is 4.98 Å². The Hall–Kier alpha value is -2.34. The number of para-hydroxylation sites is 1. The van der Waals surface area contributed by atoms with Gasteiger partial charge in [-0.3, -0.25) is 0 Å². The van der Waals surface area contributed by atoms with Crippen LogP contribution in [0.2, 0.25) is 0 Å². The number of aryl methyl sites for hydroxylation is 1. The number of hydrogen-bond acceptors (Lipinski definition) is 6. The van der Waals surface area contributed by atoms with Gasteiger partial charge < -0.3 is 20.5 Å². The van der Waals surface area contributed by atoms with Gasteiger partial charge in [0.2, 0.25) is 5.95 Å². The lowest BCUT2D eigenvalue weighted by molar-refractivity contribution is 0.0816. The molecule has 1 aromatic heterocycles. The number of rotatable bonds is 2. The fourth-order valence-electron chi connectivity index (χ4n) is 3.97. The summed E-state index contributed by atoms with van der Waals surface area (Å²) in [4.78, 5) is 10.7. The molecule has 1 saturated heterocycles. The highest BCUT2D eigenvalue weighted by atomic mass is 16.5. The van der Waals surface area contributed by atoms with Gasteiger partial charge in [0.15, 0.2) is 0 Å². The van der Waals surface area contributed by atoms with E-state index in [-0.39, 0.29) is 23.9 Å². The van der Waals surface area contributed by atoms with Gasteiger partial charge in [-0.25, -0.2) is 4.98 Å². The Bertz CT molecular complexity index is 746. The Kier molecular flexibility index (Phi) is 3.57. The van der Waals surface area contributed by atoms with Crippen LogP contribution in [0.1, 0.15) is 11.3 Å². The number of benzene rings is 1. The zero-order chi connectivity index (χ0) is 16.7. The summed E-state index contributed by atoms with van der Waals surface area (Å²) in [5.41, 5.74) is 7.59. The number of fused-ring (bicyclic) bond motifs is 2. The number of aromatic nitrogens is 2. The molecular formula is C18H22N4O2. The predicted octanol–water partition coefficient (Wildman–Crippen LogP) is 1.42. The molecule has 1 fully saturated rings. The van der Waals surface area contributed by atoms with Crippen LogP contribution in [-0.4, -0.2) is 41.4 Å². The Morgan fingerprint density at radius 1 is 1.38 bits per heavy atom. The van der Waals surface area contributed by atoms with Crippen molar-refractivity contribution >= 4 is 11.8 Å². The van der Waals surface area contributed by atoms with Gasteiger partial charge in [0.1, 0.15) is 11.6 Å². The molecule has 3 N–H and O–H groups in total. The molecule has 0 unspecified atom stereocenters. The van der Waals surface area contributed by atoms with E-state index in [0.29, 0.717) is 6.61 Å². The van der Waals surface area contributed by atoms with Crippen molar-refractivity contribution in [3.63, 3.8) is 0 Å². The minimum atomic E-state index is -0.222. The molecule has 3 heterocycles. The summed E-state index contributed by atoms with van der Waals surface area (Å²) in [5, 5.41) is 10.2. The summed E-state index contributed by atoms with van der Waals surface area (Å²) < 4.78 is 6.03. The highest BCUT2D eigenvalue weighted by Gasteiger charge is 2.48. The molecule has 0 amide bonds. The maximum Gasteiger partial charge on any atom is 0.222 e. The van der Waals surface area contributed by atoms with Crippen LogP contribution in [0.5, 0.6) is 5.75 Å². The fourth-order valence-corrected chi connectivity index (χ4v) is 3.97. The molecule has 0 spiro atoms. The molecule has 4 rings (SSSR count). The summed E-state index contributed by atoms with van der Waals surface area (Å²) in [7, 11) is 0. The molecule has 2 atom stereocenters. The second-order valence-electron chi connectivity index (χ2n) is 6.92. The van der Waals surface area contributed by atoms with Crippen LogP contribution in [0.4, 0.5) is 11.8 Å². The quantitative estimate of drug-likeness (QED) is 0.868. The number of hydrogen-bond donors (Lipinski definition) is 2. The number of aliphatic hydroxyl groups is 1. The van der Waals surface area contributed by atoms with Crippen LogP contribution < -0.4 is 15.4 Å². The van der Waals surface area contributed by atoms with Crippen molar-refractivity contribution in [2.45, 2.75) is 13.3 Å². The van der Waals surface area contributed by atoms with E-state index >= 15 is 0 Å². The van der Waals surface area contributed by atoms with Crippen LogP contribution in [-0.2, 0) is 6.42 Å². The Morgan fingerprint density at radius 3 is 3.00 bits per heavy atom. The largest absolute Gasteiger partial charge is 0.493 e. The number of nitrogen functional groups attached to an aromatic ring is 1. The molecule has 126 valence electrons. The fraction of sp³-hybridized carbons (Fsp3) is 0.444. The first-order valence-corrected chi connectivity index (χ1v) is 8.27. The van der Waals surface area contributed by atoms with E-state index < -0.39 is 0 Å². The molecule has 24 heavy (non-hydrogen) atoms. The molecule has 0 aliphatic carbocycles. The van der Waals surface area contributed by atoms with Gasteiger partial charge in [-0.05, 0) is 25.0 Å². The van der Waals surface area contributed by atoms with Crippen molar-refractivity contribution in [1.29, 1.82) is 0 Å². The van der Waals surface area contributed by atoms with E-state index in [0.717, 1.165) is 42.3 Å². The SMILES string of the molecule is Cc1cc(N2C[C@H]3COc4ccccc4C[C@@]3(CO)C2)nc(N)n1. The average molecular weight is 326 g/mol. The zero-order valence-electron chi connectivity index (χ0n) is 13.8. The number of aliphatic hydroxyl groups excluding tert-OH is 1. The smallest absolute Gasteiger partial charge is 0.222 e. The predicted molar refractivity (Wildman–Crippen MR) is 92.0 cm³/mol. The lowest BCUT2D eigenvalue weighted by Crippen LogP contribution is -2.38. The number of nitrogens with zero attached hydrogens (tertiary/aromatic N) is 3. The monoisotopic (exact) mass is 326 g/mol. The lowest BCUT2D eigenvalue weighted by Gasteiger charge is -2.30. The van der Waals surface area contributed by atoms with Crippen molar-refractivity contribution in [2.24, 2.45) is 11.3 Å². The first-order valence-electron chi connectivity index (χ1n) is 8.27. The number of nitrogens with two attached hydrogens (primary N) is 1. The Labute approximate surface area is 141 Å². The summed E-state index contributed by atoms with van der Waals surface area (Å²) in [6.07, 6.45) is 0.806. The van der Waals surface area contributed by atoms with Crippen molar-refractivity contribution in [1.82, 2.24) is 9.97 Å². The van der Waals surface area contributed by atoms with Crippen molar-refractivity contribution in [2.75, 3.05) is 36.9 Å². The van der Waals surface area contributed by atoms with Gasteiger partial charge >= 0.3 is 0 Å². The minimum absolute atomic E-state index is 0.130. The van der Waals surface area contributed by atoms with E-state index in [1.165, 1.54) is 0 Å². The number of ether oxygens (including phenoxy) is 1. The molecule has 0 bridgehead atoms. The molecule has 6 heteroatoms. The normalized spacial score (nSPS) is 25.6. The van der Waals surface area contributed by atoms with Crippen LogP contribution in [0.15, 0.2) is 30.3 Å². The van der Waals surface area contributed by atoms with Crippen LogP contribution in [0.3, 0.4) is 0 Å². The topological polar surface area (TPSA) is 84.5 Å². The molecule has 0 radical (unpaired) electrons. The summed E-state index contributed by atoms with van der Waals surface area (Å²) in [6.45, 7) is 4.18. The third-order valence-electron chi connectivity index (χ3n) is 5.26. The van der Waals surface area contributed by atoms with Gasteiger partial charge in [0.05, 0.1) is 13.2 Å². The highest BCUT2D eigenvalue weighted by Crippen LogP contribution is 2.44. The first kappa shape index (κ1) is 15.2. The second-order valence-corrected chi connectivity index (χ2v) is 6.92. The standard InChI is InChI=1S/C18H22N4O2/c1-12-6-16(21-17(19)20-12)22-8-14-9-24-15-5-3-2-4-13(15)7-18(14,10-22)11-23/h2-6,14,23H,7-11H2,1H3,(H2,19,20,21)/t14-,18-/m0/s1. The summed E-state index contributed by atoms with van der Waals surface area (Å²) >= 11 is 0. The van der Waals surface area contributed by atoms with Gasteiger partial charge in [-0.15, -0.1) is 0 Å². The summed E-state index contributed by atoms with van der Waals surface area (Å²) in [5.74, 6) is 2.30. The minimum Gasteiger partial charge on any atom is -0.493 e. The molecule has 1 aromatic carbocycles. The second kappa shape index (κ2) is 5.63. The van der Waals surface area contributed by atoms with Crippen LogP contribution in [0, 0.1) is 18.3 Å². The maximum atomic E-state index is 10.2. The third-order valence-corrected chi connectivity index (χ3v) is 5.26. The van der Waals surface area contributed by atoms with E-state index in [9.17, 15) is 5.11 Å². The Balaban J connectivity index is 1.67. The summed E-state index contributed by atoms with van der Waals surface area (Å²) in [6, 6.07) is 10.1. The van der Waals surface area contributed by atoms with Gasteiger partial charge in [0, 0.05) is 36.2 Å². The number of anilines is 2. The van der Waals surface area contributed by atoms with Crippen LogP contribution >= 0.6 is 0 Å². The zero-order valence-corrected chi connectivity index (χ0v) is 13.8. The lowest BCUT2D eigenvalue weighted by atomic mass is 9.75. The molecule has 2 aliphatic rings. The molecular weight excluding hydrogens is 304 g/mol. The van der Waals surface area contributed by atoms with Crippen molar-refractivity contribution in [3.8, 4) is 5.75 Å². The van der Waals surface area contributed by atoms with Crippen molar-refractivity contribution in [3.05, 3.63) is 41.6 Å². The van der Waals surface area contributed by atoms with Crippen molar-refractivity contribution < 1.29 is 9.84 Å². The highest BCUT2D eigenvalue weighted by molar-refractivity contribution is 5.46. The molecule has 2 aliphatic heterocycles. The van der Waals surface area contributed by atoms with E-state index in [1.54, 1.807) is 0 Å². The first-order chi connectivity index (χ1) is 11.6.